The summed E-state index contributed by atoms with van der Waals surface area (Å²) in [5.41, 5.74) is 3.30. The van der Waals surface area contributed by atoms with E-state index >= 15 is 0 Å². The number of aryl methyl sites for hydroxylation is 1. The fraction of sp³-hybridized carbons (Fsp3) is 0.444. The summed E-state index contributed by atoms with van der Waals surface area (Å²) in [6.45, 7) is -1.23. The number of halogens is 3. The highest BCUT2D eigenvalue weighted by molar-refractivity contribution is 5.28. The molecule has 1 aromatic heterocycles. The average Bonchev–Trinajstić information content (AvgIpc) is 2.52. The van der Waals surface area contributed by atoms with E-state index in [0.717, 1.165) is 0 Å². The lowest BCUT2D eigenvalue weighted by Gasteiger charge is -2.07. The first-order valence-corrected chi connectivity index (χ1v) is 4.39. The molecule has 0 unspecified atom stereocenters. The molecule has 88 valence electrons. The molecular formula is C9H10F3N3O. The first-order chi connectivity index (χ1) is 7.42. The van der Waals surface area contributed by atoms with Gasteiger partial charge in [0.15, 0.2) is 6.61 Å². The molecule has 4 nitrogen and oxygen atoms in total. The fourth-order valence-electron chi connectivity index (χ4n) is 1.11. The van der Waals surface area contributed by atoms with Gasteiger partial charge in [-0.2, -0.15) is 23.9 Å². The molecule has 1 heterocycles. The molecule has 1 aromatic rings. The molecule has 1 N–H and O–H groups in total. The zero-order valence-corrected chi connectivity index (χ0v) is 8.51. The van der Waals surface area contributed by atoms with Crippen LogP contribution in [0.25, 0.3) is 0 Å². The van der Waals surface area contributed by atoms with Gasteiger partial charge in [-0.25, -0.2) is 0 Å². The van der Waals surface area contributed by atoms with E-state index in [9.17, 15) is 13.2 Å². The summed E-state index contributed by atoms with van der Waals surface area (Å²) in [7, 11) is 1.68. The molecule has 0 aromatic carbocycles. The summed E-state index contributed by atoms with van der Waals surface area (Å²) < 4.78 is 36.7. The highest BCUT2D eigenvalue weighted by Crippen LogP contribution is 2.13. The van der Waals surface area contributed by atoms with Gasteiger partial charge in [0.2, 0.25) is 0 Å². The molecule has 0 spiro atoms. The molecule has 0 aliphatic rings. The van der Waals surface area contributed by atoms with Crippen LogP contribution in [0.2, 0.25) is 0 Å². The standard InChI is InChI=1S/C9H10F3N3O/c1-15-5-7(2-8(15)3-13)4-14-16-6-9(10,11)12/h2,5,14H,4,6H2,1H3. The minimum atomic E-state index is -4.35. The van der Waals surface area contributed by atoms with Crippen molar-refractivity contribution in [3.8, 4) is 6.07 Å². The lowest BCUT2D eigenvalue weighted by atomic mass is 10.3. The summed E-state index contributed by atoms with van der Waals surface area (Å²) in [6.07, 6.45) is -2.70. The highest BCUT2D eigenvalue weighted by atomic mass is 19.4. The van der Waals surface area contributed by atoms with Gasteiger partial charge in [-0.3, -0.25) is 4.84 Å². The molecule has 0 saturated carbocycles. The number of hydrogen-bond donors (Lipinski definition) is 1. The predicted molar refractivity (Wildman–Crippen MR) is 49.0 cm³/mol. The Morgan fingerprint density at radius 3 is 2.75 bits per heavy atom. The molecule has 16 heavy (non-hydrogen) atoms. The van der Waals surface area contributed by atoms with Crippen molar-refractivity contribution in [3.63, 3.8) is 0 Å². The van der Waals surface area contributed by atoms with Crippen molar-refractivity contribution in [2.75, 3.05) is 6.61 Å². The maximum absolute atomic E-state index is 11.7. The highest BCUT2D eigenvalue weighted by Gasteiger charge is 2.27. The van der Waals surface area contributed by atoms with Crippen LogP contribution in [0.5, 0.6) is 0 Å². The third kappa shape index (κ3) is 3.92. The molecule has 0 radical (unpaired) electrons. The zero-order chi connectivity index (χ0) is 12.2. The Morgan fingerprint density at radius 2 is 2.25 bits per heavy atom. The summed E-state index contributed by atoms with van der Waals surface area (Å²) in [5, 5.41) is 8.64. The maximum atomic E-state index is 11.7. The number of nitriles is 1. The first kappa shape index (κ1) is 12.5. The van der Waals surface area contributed by atoms with Gasteiger partial charge in [-0.15, -0.1) is 0 Å². The zero-order valence-electron chi connectivity index (χ0n) is 8.51. The van der Waals surface area contributed by atoms with Gasteiger partial charge in [0.25, 0.3) is 0 Å². The summed E-state index contributed by atoms with van der Waals surface area (Å²) >= 11 is 0. The van der Waals surface area contributed by atoms with Gasteiger partial charge in [0, 0.05) is 19.8 Å². The fourth-order valence-corrected chi connectivity index (χ4v) is 1.11. The molecule has 0 saturated heterocycles. The predicted octanol–water partition coefficient (Wildman–Crippen LogP) is 1.48. The number of hydroxylamine groups is 1. The molecule has 0 amide bonds. The normalized spacial score (nSPS) is 11.4. The second kappa shape index (κ2) is 5.01. The van der Waals surface area contributed by atoms with Crippen molar-refractivity contribution in [1.82, 2.24) is 10.0 Å². The number of nitrogens with one attached hydrogen (secondary N) is 1. The molecule has 0 atom stereocenters. The van der Waals surface area contributed by atoms with Gasteiger partial charge in [0.05, 0.1) is 0 Å². The van der Waals surface area contributed by atoms with Gasteiger partial charge in [-0.1, -0.05) is 0 Å². The van der Waals surface area contributed by atoms with Crippen LogP contribution >= 0.6 is 0 Å². The Labute approximate surface area is 90.2 Å². The van der Waals surface area contributed by atoms with Crippen LogP contribution in [-0.2, 0) is 18.4 Å². The topological polar surface area (TPSA) is 50.0 Å². The summed E-state index contributed by atoms with van der Waals surface area (Å²) in [5.74, 6) is 0. The van der Waals surface area contributed by atoms with Crippen LogP contribution in [0.1, 0.15) is 11.3 Å². The van der Waals surface area contributed by atoms with Gasteiger partial charge >= 0.3 is 6.18 Å². The lowest BCUT2D eigenvalue weighted by molar-refractivity contribution is -0.190. The number of aromatic nitrogens is 1. The van der Waals surface area contributed by atoms with Crippen LogP contribution in [0.3, 0.4) is 0 Å². The van der Waals surface area contributed by atoms with Crippen molar-refractivity contribution in [2.24, 2.45) is 7.05 Å². The maximum Gasteiger partial charge on any atom is 0.413 e. The Hall–Kier alpha value is -1.52. The second-order valence-electron chi connectivity index (χ2n) is 3.18. The van der Waals surface area contributed by atoms with E-state index in [0.29, 0.717) is 11.3 Å². The molecule has 1 rings (SSSR count). The van der Waals surface area contributed by atoms with E-state index in [1.165, 1.54) is 0 Å². The molecule has 0 aliphatic heterocycles. The van der Waals surface area contributed by atoms with Crippen LogP contribution in [0.4, 0.5) is 13.2 Å². The van der Waals surface area contributed by atoms with Crippen molar-refractivity contribution in [3.05, 3.63) is 23.5 Å². The number of rotatable bonds is 4. The van der Waals surface area contributed by atoms with Crippen LogP contribution in [-0.4, -0.2) is 17.4 Å². The van der Waals surface area contributed by atoms with Crippen LogP contribution in [0, 0.1) is 11.3 Å². The van der Waals surface area contributed by atoms with E-state index in [2.05, 4.69) is 10.3 Å². The summed E-state index contributed by atoms with van der Waals surface area (Å²) in [6, 6.07) is 3.52. The molecule has 7 heteroatoms. The van der Waals surface area contributed by atoms with E-state index < -0.39 is 12.8 Å². The van der Waals surface area contributed by atoms with Gasteiger partial charge < -0.3 is 4.57 Å². The van der Waals surface area contributed by atoms with E-state index in [1.807, 2.05) is 6.07 Å². The van der Waals surface area contributed by atoms with E-state index in [4.69, 9.17) is 5.26 Å². The smallest absolute Gasteiger partial charge is 0.342 e. The van der Waals surface area contributed by atoms with Crippen LogP contribution in [0.15, 0.2) is 12.3 Å². The lowest BCUT2D eigenvalue weighted by Crippen LogP contribution is -2.24. The SMILES string of the molecule is Cn1cc(CNOCC(F)(F)F)cc1C#N. The quantitative estimate of drug-likeness (QED) is 0.633. The third-order valence-corrected chi connectivity index (χ3v) is 1.79. The summed E-state index contributed by atoms with van der Waals surface area (Å²) in [4.78, 5) is 4.22. The Bertz CT molecular complexity index is 392. The van der Waals surface area contributed by atoms with Gasteiger partial charge in [-0.05, 0) is 11.6 Å². The average molecular weight is 233 g/mol. The number of nitrogens with zero attached hydrogens (tertiary/aromatic N) is 2. The molecular weight excluding hydrogens is 223 g/mol. The largest absolute Gasteiger partial charge is 0.413 e. The second-order valence-corrected chi connectivity index (χ2v) is 3.18. The minimum Gasteiger partial charge on any atom is -0.342 e. The molecule has 0 aliphatic carbocycles. The number of alkyl halides is 3. The minimum absolute atomic E-state index is 0.117. The van der Waals surface area contributed by atoms with Crippen molar-refractivity contribution in [2.45, 2.75) is 12.7 Å². The molecule has 0 fully saturated rings. The monoisotopic (exact) mass is 233 g/mol. The third-order valence-electron chi connectivity index (χ3n) is 1.79. The number of hydrogen-bond acceptors (Lipinski definition) is 3. The van der Waals surface area contributed by atoms with Crippen molar-refractivity contribution >= 4 is 0 Å². The first-order valence-electron chi connectivity index (χ1n) is 4.39. The van der Waals surface area contributed by atoms with Gasteiger partial charge in [0.1, 0.15) is 11.8 Å². The molecule has 0 bridgehead atoms. The van der Waals surface area contributed by atoms with Crippen molar-refractivity contribution in [1.29, 1.82) is 5.26 Å². The van der Waals surface area contributed by atoms with E-state index in [1.54, 1.807) is 23.9 Å². The Morgan fingerprint density at radius 1 is 1.56 bits per heavy atom. The Balaban J connectivity index is 2.36. The Kier molecular flexibility index (Phi) is 3.93. The van der Waals surface area contributed by atoms with Crippen LogP contribution < -0.4 is 5.48 Å². The van der Waals surface area contributed by atoms with Crippen molar-refractivity contribution < 1.29 is 18.0 Å². The van der Waals surface area contributed by atoms with E-state index in [-0.39, 0.29) is 6.54 Å².